The van der Waals surface area contributed by atoms with E-state index < -0.39 is 11.9 Å². The number of thiazole rings is 1. The van der Waals surface area contributed by atoms with Gasteiger partial charge in [-0.2, -0.15) is 5.26 Å². The summed E-state index contributed by atoms with van der Waals surface area (Å²) >= 11 is 1.36. The van der Waals surface area contributed by atoms with Crippen molar-refractivity contribution in [3.63, 3.8) is 0 Å². The van der Waals surface area contributed by atoms with Crippen molar-refractivity contribution in [2.75, 3.05) is 19.5 Å². The Labute approximate surface area is 189 Å². The molecule has 0 saturated carbocycles. The molecule has 1 aromatic heterocycles. The van der Waals surface area contributed by atoms with E-state index in [1.807, 2.05) is 24.4 Å². The highest BCUT2D eigenvalue weighted by Gasteiger charge is 2.14. The number of rotatable bonds is 6. The SMILES string of the molecule is COC(=O)c1cc(NC=C(C#N)c2nc(-c3ccc(C)c(C)c3)cs2)cc(C(=O)OC)c1. The number of allylic oxidation sites excluding steroid dienone is 1. The summed E-state index contributed by atoms with van der Waals surface area (Å²) in [5.74, 6) is -1.19. The summed E-state index contributed by atoms with van der Waals surface area (Å²) in [6, 6.07) is 12.7. The molecule has 0 aliphatic carbocycles. The Hall–Kier alpha value is -3.96. The van der Waals surface area contributed by atoms with Gasteiger partial charge >= 0.3 is 11.9 Å². The third kappa shape index (κ3) is 5.02. The fourth-order valence-electron chi connectivity index (χ4n) is 2.91. The lowest BCUT2D eigenvalue weighted by molar-refractivity contribution is 0.0599. The van der Waals surface area contributed by atoms with Gasteiger partial charge in [-0.3, -0.25) is 0 Å². The number of hydrogen-bond acceptors (Lipinski definition) is 8. The van der Waals surface area contributed by atoms with Crippen molar-refractivity contribution in [1.29, 1.82) is 5.26 Å². The molecule has 0 amide bonds. The minimum Gasteiger partial charge on any atom is -0.465 e. The van der Waals surface area contributed by atoms with Crippen molar-refractivity contribution in [2.45, 2.75) is 13.8 Å². The molecule has 1 N–H and O–H groups in total. The van der Waals surface area contributed by atoms with Crippen LogP contribution in [0.2, 0.25) is 0 Å². The number of benzene rings is 2. The third-order valence-corrected chi connectivity index (χ3v) is 5.69. The van der Waals surface area contributed by atoms with E-state index in [2.05, 4.69) is 29.4 Å². The van der Waals surface area contributed by atoms with Crippen LogP contribution >= 0.6 is 11.3 Å². The Bertz CT molecular complexity index is 1220. The van der Waals surface area contributed by atoms with Gasteiger partial charge < -0.3 is 14.8 Å². The Kier molecular flexibility index (Phi) is 7.03. The summed E-state index contributed by atoms with van der Waals surface area (Å²) in [6.07, 6.45) is 1.49. The molecule has 0 spiro atoms. The molecule has 162 valence electrons. The van der Waals surface area contributed by atoms with E-state index >= 15 is 0 Å². The number of aryl methyl sites for hydroxylation is 2. The van der Waals surface area contributed by atoms with Crippen LogP contribution < -0.4 is 5.32 Å². The fourth-order valence-corrected chi connectivity index (χ4v) is 3.71. The van der Waals surface area contributed by atoms with Crippen molar-refractivity contribution < 1.29 is 19.1 Å². The number of anilines is 1. The molecule has 0 atom stereocenters. The number of ether oxygens (including phenoxy) is 2. The molecule has 0 fully saturated rings. The van der Waals surface area contributed by atoms with Crippen LogP contribution in [0.3, 0.4) is 0 Å². The maximum Gasteiger partial charge on any atom is 0.337 e. The molecule has 0 aliphatic rings. The zero-order valence-corrected chi connectivity index (χ0v) is 18.9. The molecule has 0 radical (unpaired) electrons. The number of nitriles is 1. The lowest BCUT2D eigenvalue weighted by Gasteiger charge is -2.08. The van der Waals surface area contributed by atoms with Crippen molar-refractivity contribution in [1.82, 2.24) is 4.98 Å². The minimum atomic E-state index is -0.596. The molecule has 0 aliphatic heterocycles. The zero-order valence-electron chi connectivity index (χ0n) is 18.1. The molecule has 0 bridgehead atoms. The molecule has 0 unspecified atom stereocenters. The van der Waals surface area contributed by atoms with E-state index in [0.717, 1.165) is 11.3 Å². The predicted octanol–water partition coefficient (Wildman–Crippen LogP) is 4.98. The second kappa shape index (κ2) is 9.90. The third-order valence-electron chi connectivity index (χ3n) is 4.82. The van der Waals surface area contributed by atoms with Gasteiger partial charge in [0, 0.05) is 22.8 Å². The molecule has 32 heavy (non-hydrogen) atoms. The summed E-state index contributed by atoms with van der Waals surface area (Å²) in [5.41, 5.74) is 5.23. The van der Waals surface area contributed by atoms with Gasteiger partial charge in [0.15, 0.2) is 0 Å². The summed E-state index contributed by atoms with van der Waals surface area (Å²) in [5, 5.41) is 15.1. The molecule has 7 nitrogen and oxygen atoms in total. The second-order valence-corrected chi connectivity index (χ2v) is 7.79. The highest BCUT2D eigenvalue weighted by molar-refractivity contribution is 7.11. The first-order chi connectivity index (χ1) is 15.4. The van der Waals surface area contributed by atoms with Gasteiger partial charge in [-0.1, -0.05) is 12.1 Å². The molecule has 3 aromatic rings. The van der Waals surface area contributed by atoms with Crippen LogP contribution in [-0.4, -0.2) is 31.1 Å². The average Bonchev–Trinajstić information content (AvgIpc) is 3.30. The number of hydrogen-bond donors (Lipinski definition) is 1. The Balaban J connectivity index is 1.90. The van der Waals surface area contributed by atoms with E-state index in [9.17, 15) is 14.9 Å². The van der Waals surface area contributed by atoms with Crippen LogP contribution in [0.25, 0.3) is 16.8 Å². The quantitative estimate of drug-likeness (QED) is 0.420. The lowest BCUT2D eigenvalue weighted by Crippen LogP contribution is -2.07. The van der Waals surface area contributed by atoms with E-state index in [0.29, 0.717) is 16.3 Å². The van der Waals surface area contributed by atoms with Crippen LogP contribution in [0.4, 0.5) is 5.69 Å². The number of carbonyl (C=O) groups is 2. The molecule has 0 saturated heterocycles. The van der Waals surface area contributed by atoms with Gasteiger partial charge in [-0.15, -0.1) is 11.3 Å². The number of carbonyl (C=O) groups excluding carboxylic acids is 2. The van der Waals surface area contributed by atoms with Crippen molar-refractivity contribution in [2.24, 2.45) is 0 Å². The van der Waals surface area contributed by atoms with Gasteiger partial charge in [0.05, 0.1) is 31.0 Å². The van der Waals surface area contributed by atoms with Crippen LogP contribution in [0, 0.1) is 25.2 Å². The normalized spacial score (nSPS) is 10.9. The first kappa shape index (κ1) is 22.7. The Morgan fingerprint density at radius 3 is 2.25 bits per heavy atom. The Morgan fingerprint density at radius 2 is 1.69 bits per heavy atom. The van der Waals surface area contributed by atoms with E-state index in [1.54, 1.807) is 0 Å². The van der Waals surface area contributed by atoms with Crippen molar-refractivity contribution >= 4 is 34.5 Å². The number of methoxy groups -OCH3 is 2. The maximum absolute atomic E-state index is 11.9. The standard InChI is InChI=1S/C24H21N3O4S/c1-14-5-6-16(7-15(14)2)21-13-32-22(27-21)19(11-25)12-26-20-9-17(23(28)30-3)8-18(10-20)24(29)31-4/h5-10,12-13,26H,1-4H3. The summed E-state index contributed by atoms with van der Waals surface area (Å²) in [4.78, 5) is 28.5. The molecular weight excluding hydrogens is 426 g/mol. The summed E-state index contributed by atoms with van der Waals surface area (Å²) in [6.45, 7) is 4.09. The molecule has 3 rings (SSSR count). The Morgan fingerprint density at radius 1 is 1.03 bits per heavy atom. The minimum absolute atomic E-state index is 0.177. The van der Waals surface area contributed by atoms with E-state index in [-0.39, 0.29) is 11.1 Å². The van der Waals surface area contributed by atoms with Gasteiger partial charge in [0.25, 0.3) is 0 Å². The van der Waals surface area contributed by atoms with Crippen molar-refractivity contribution in [3.05, 3.63) is 75.2 Å². The first-order valence-electron chi connectivity index (χ1n) is 9.58. The topological polar surface area (TPSA) is 101 Å². The maximum atomic E-state index is 11.9. The smallest absolute Gasteiger partial charge is 0.337 e. The van der Waals surface area contributed by atoms with Gasteiger partial charge in [-0.05, 0) is 49.2 Å². The zero-order chi connectivity index (χ0) is 23.3. The summed E-state index contributed by atoms with van der Waals surface area (Å²) < 4.78 is 9.48. The molecule has 2 aromatic carbocycles. The van der Waals surface area contributed by atoms with Crippen LogP contribution in [0.15, 0.2) is 48.0 Å². The number of nitrogens with zero attached hydrogens (tertiary/aromatic N) is 2. The van der Waals surface area contributed by atoms with Crippen LogP contribution in [-0.2, 0) is 9.47 Å². The fraction of sp³-hybridized carbons (Fsp3) is 0.167. The van der Waals surface area contributed by atoms with Gasteiger partial charge in [0.1, 0.15) is 16.6 Å². The summed E-state index contributed by atoms with van der Waals surface area (Å²) in [7, 11) is 2.51. The number of aromatic nitrogens is 1. The van der Waals surface area contributed by atoms with Crippen molar-refractivity contribution in [3.8, 4) is 17.3 Å². The first-order valence-corrected chi connectivity index (χ1v) is 10.5. The number of esters is 2. The predicted molar refractivity (Wildman–Crippen MR) is 123 cm³/mol. The molecular formula is C24H21N3O4S. The lowest BCUT2D eigenvalue weighted by atomic mass is 10.1. The van der Waals surface area contributed by atoms with Crippen LogP contribution in [0.1, 0.15) is 36.9 Å². The largest absolute Gasteiger partial charge is 0.465 e. The van der Waals surface area contributed by atoms with E-state index in [1.165, 1.54) is 61.1 Å². The molecule has 1 heterocycles. The number of nitrogens with one attached hydrogen (secondary N) is 1. The van der Waals surface area contributed by atoms with E-state index in [4.69, 9.17) is 9.47 Å². The molecule has 8 heteroatoms. The monoisotopic (exact) mass is 447 g/mol. The second-order valence-electron chi connectivity index (χ2n) is 6.93. The highest BCUT2D eigenvalue weighted by Crippen LogP contribution is 2.27. The van der Waals surface area contributed by atoms with Gasteiger partial charge in [-0.25, -0.2) is 14.6 Å². The highest BCUT2D eigenvalue weighted by atomic mass is 32.1. The van der Waals surface area contributed by atoms with Crippen LogP contribution in [0.5, 0.6) is 0 Å². The average molecular weight is 448 g/mol. The van der Waals surface area contributed by atoms with Gasteiger partial charge in [0.2, 0.25) is 0 Å².